The van der Waals surface area contributed by atoms with Crippen molar-refractivity contribution in [2.45, 2.75) is 18.9 Å². The molecular formula is C9H12IN3O. The Morgan fingerprint density at radius 1 is 1.64 bits per heavy atom. The van der Waals surface area contributed by atoms with Crippen LogP contribution in [0.15, 0.2) is 6.20 Å². The zero-order valence-corrected chi connectivity index (χ0v) is 10.1. The Bertz CT molecular complexity index is 341. The Balaban J connectivity index is 2.25. The summed E-state index contributed by atoms with van der Waals surface area (Å²) in [6.07, 6.45) is 4.17. The van der Waals surface area contributed by atoms with Gasteiger partial charge in [0, 0.05) is 13.3 Å². The largest absolute Gasteiger partial charge is 0.383 e. The summed E-state index contributed by atoms with van der Waals surface area (Å²) in [7, 11) is 1.69. The van der Waals surface area contributed by atoms with Crippen molar-refractivity contribution < 1.29 is 4.74 Å². The van der Waals surface area contributed by atoms with E-state index in [1.165, 1.54) is 12.8 Å². The topological polar surface area (TPSA) is 61.0 Å². The number of hydrogen-bond acceptors (Lipinski definition) is 4. The lowest BCUT2D eigenvalue weighted by Gasteiger charge is -2.12. The Kier molecular flexibility index (Phi) is 2.87. The number of hydrogen-bond donors (Lipinski definition) is 1. The maximum atomic E-state index is 5.72. The van der Waals surface area contributed by atoms with Crippen molar-refractivity contribution in [3.8, 4) is 0 Å². The molecular weight excluding hydrogens is 293 g/mol. The molecule has 0 bridgehead atoms. The standard InChI is InChI=1S/C9H12IN3O/c1-14-7(5-2-3-5)9-12-4-6(10)8(11)13-9/h4-5,7H,2-3H2,1H3,(H2,11,12,13). The van der Waals surface area contributed by atoms with Crippen molar-refractivity contribution >= 4 is 28.4 Å². The fraction of sp³-hybridized carbons (Fsp3) is 0.556. The second-order valence-corrected chi connectivity index (χ2v) is 4.62. The van der Waals surface area contributed by atoms with Gasteiger partial charge in [-0.2, -0.15) is 0 Å². The fourth-order valence-electron chi connectivity index (χ4n) is 1.44. The molecule has 1 saturated carbocycles. The van der Waals surface area contributed by atoms with E-state index < -0.39 is 0 Å². The minimum absolute atomic E-state index is 0.0225. The molecule has 5 heteroatoms. The molecule has 76 valence electrons. The molecule has 1 unspecified atom stereocenters. The van der Waals surface area contributed by atoms with Gasteiger partial charge >= 0.3 is 0 Å². The molecule has 1 fully saturated rings. The zero-order chi connectivity index (χ0) is 10.1. The number of methoxy groups -OCH3 is 1. The van der Waals surface area contributed by atoms with Crippen LogP contribution in [0.25, 0.3) is 0 Å². The highest BCUT2D eigenvalue weighted by atomic mass is 127. The summed E-state index contributed by atoms with van der Waals surface area (Å²) in [6, 6.07) is 0. The summed E-state index contributed by atoms with van der Waals surface area (Å²) in [4.78, 5) is 8.49. The predicted molar refractivity (Wildman–Crippen MR) is 61.6 cm³/mol. The van der Waals surface area contributed by atoms with Gasteiger partial charge in [0.1, 0.15) is 11.9 Å². The first-order valence-corrected chi connectivity index (χ1v) is 5.61. The third kappa shape index (κ3) is 1.98. The third-order valence-corrected chi connectivity index (χ3v) is 3.18. The van der Waals surface area contributed by atoms with Crippen molar-refractivity contribution in [3.05, 3.63) is 15.6 Å². The van der Waals surface area contributed by atoms with Gasteiger partial charge in [0.05, 0.1) is 3.57 Å². The van der Waals surface area contributed by atoms with Crippen LogP contribution in [0.1, 0.15) is 24.8 Å². The molecule has 2 rings (SSSR count). The van der Waals surface area contributed by atoms with E-state index in [0.717, 1.165) is 3.57 Å². The lowest BCUT2D eigenvalue weighted by atomic mass is 10.2. The Labute approximate surface area is 96.4 Å². The molecule has 0 amide bonds. The normalized spacial score (nSPS) is 18.1. The Morgan fingerprint density at radius 3 is 2.86 bits per heavy atom. The minimum Gasteiger partial charge on any atom is -0.383 e. The summed E-state index contributed by atoms with van der Waals surface area (Å²) in [5.41, 5.74) is 5.72. The Hall–Kier alpha value is -0.430. The SMILES string of the molecule is COC(c1ncc(I)c(N)n1)C1CC1. The van der Waals surface area contributed by atoms with Crippen LogP contribution in [0.5, 0.6) is 0 Å². The van der Waals surface area contributed by atoms with Gasteiger partial charge in [0.15, 0.2) is 5.82 Å². The third-order valence-electron chi connectivity index (χ3n) is 2.35. The molecule has 1 aliphatic rings. The van der Waals surface area contributed by atoms with Crippen LogP contribution in [0.3, 0.4) is 0 Å². The quantitative estimate of drug-likeness (QED) is 0.865. The van der Waals surface area contributed by atoms with Gasteiger partial charge in [-0.3, -0.25) is 0 Å². The average molecular weight is 305 g/mol. The van der Waals surface area contributed by atoms with Gasteiger partial charge < -0.3 is 10.5 Å². The minimum atomic E-state index is 0.0225. The van der Waals surface area contributed by atoms with Crippen LogP contribution < -0.4 is 5.73 Å². The fourth-order valence-corrected chi connectivity index (χ4v) is 1.70. The van der Waals surface area contributed by atoms with Crippen molar-refractivity contribution in [1.82, 2.24) is 9.97 Å². The van der Waals surface area contributed by atoms with Gasteiger partial charge in [-0.15, -0.1) is 0 Å². The van der Waals surface area contributed by atoms with Crippen LogP contribution in [0, 0.1) is 9.49 Å². The van der Waals surface area contributed by atoms with Crippen LogP contribution >= 0.6 is 22.6 Å². The van der Waals surface area contributed by atoms with Crippen LogP contribution in [0.2, 0.25) is 0 Å². The van der Waals surface area contributed by atoms with E-state index in [2.05, 4.69) is 32.6 Å². The van der Waals surface area contributed by atoms with Gasteiger partial charge in [-0.25, -0.2) is 9.97 Å². The Morgan fingerprint density at radius 2 is 2.36 bits per heavy atom. The summed E-state index contributed by atoms with van der Waals surface area (Å²) in [5, 5.41) is 0. The van der Waals surface area contributed by atoms with Gasteiger partial charge in [-0.05, 0) is 41.4 Å². The molecule has 1 aliphatic carbocycles. The van der Waals surface area contributed by atoms with Crippen molar-refractivity contribution in [3.63, 3.8) is 0 Å². The first-order chi connectivity index (χ1) is 6.72. The maximum Gasteiger partial charge on any atom is 0.159 e. The van der Waals surface area contributed by atoms with Crippen LogP contribution in [-0.4, -0.2) is 17.1 Å². The molecule has 0 aromatic carbocycles. The maximum absolute atomic E-state index is 5.72. The summed E-state index contributed by atoms with van der Waals surface area (Å²) in [6.45, 7) is 0. The molecule has 0 spiro atoms. The number of ether oxygens (including phenoxy) is 1. The lowest BCUT2D eigenvalue weighted by Crippen LogP contribution is -2.10. The zero-order valence-electron chi connectivity index (χ0n) is 7.90. The highest BCUT2D eigenvalue weighted by Gasteiger charge is 2.34. The van der Waals surface area contributed by atoms with E-state index in [0.29, 0.717) is 17.6 Å². The van der Waals surface area contributed by atoms with Gasteiger partial charge in [0.2, 0.25) is 0 Å². The predicted octanol–water partition coefficient (Wildman–Crippen LogP) is 1.76. The molecule has 1 aromatic rings. The lowest BCUT2D eigenvalue weighted by molar-refractivity contribution is 0.0773. The monoisotopic (exact) mass is 305 g/mol. The summed E-state index contributed by atoms with van der Waals surface area (Å²) in [5.74, 6) is 1.84. The molecule has 1 atom stereocenters. The van der Waals surface area contributed by atoms with E-state index in [-0.39, 0.29) is 6.10 Å². The number of rotatable bonds is 3. The molecule has 0 saturated heterocycles. The van der Waals surface area contributed by atoms with E-state index in [1.54, 1.807) is 13.3 Å². The molecule has 1 heterocycles. The highest BCUT2D eigenvalue weighted by Crippen LogP contribution is 2.41. The number of nitrogens with zero attached hydrogens (tertiary/aromatic N) is 2. The van der Waals surface area contributed by atoms with E-state index in [9.17, 15) is 0 Å². The molecule has 0 radical (unpaired) electrons. The van der Waals surface area contributed by atoms with Crippen LogP contribution in [0.4, 0.5) is 5.82 Å². The number of halogens is 1. The molecule has 4 nitrogen and oxygen atoms in total. The summed E-state index contributed by atoms with van der Waals surface area (Å²) < 4.78 is 6.26. The number of anilines is 1. The van der Waals surface area contributed by atoms with Crippen molar-refractivity contribution in [1.29, 1.82) is 0 Å². The first kappa shape index (κ1) is 10.1. The van der Waals surface area contributed by atoms with Crippen molar-refractivity contribution in [2.75, 3.05) is 12.8 Å². The second kappa shape index (κ2) is 3.98. The second-order valence-electron chi connectivity index (χ2n) is 3.46. The van der Waals surface area contributed by atoms with Crippen molar-refractivity contribution in [2.24, 2.45) is 5.92 Å². The van der Waals surface area contributed by atoms with Gasteiger partial charge in [-0.1, -0.05) is 0 Å². The highest BCUT2D eigenvalue weighted by molar-refractivity contribution is 14.1. The van der Waals surface area contributed by atoms with E-state index in [4.69, 9.17) is 10.5 Å². The molecule has 0 aliphatic heterocycles. The molecule has 2 N–H and O–H groups in total. The molecule has 1 aromatic heterocycles. The number of aromatic nitrogens is 2. The molecule has 14 heavy (non-hydrogen) atoms. The van der Waals surface area contributed by atoms with Crippen LogP contribution in [-0.2, 0) is 4.74 Å². The average Bonchev–Trinajstić information content (AvgIpc) is 2.96. The van der Waals surface area contributed by atoms with E-state index in [1.807, 2.05) is 0 Å². The van der Waals surface area contributed by atoms with Gasteiger partial charge in [0.25, 0.3) is 0 Å². The first-order valence-electron chi connectivity index (χ1n) is 4.53. The smallest absolute Gasteiger partial charge is 0.159 e. The number of nitrogen functional groups attached to an aromatic ring is 1. The summed E-state index contributed by atoms with van der Waals surface area (Å²) >= 11 is 2.12. The van der Waals surface area contributed by atoms with E-state index >= 15 is 0 Å². The number of nitrogens with two attached hydrogens (primary N) is 1.